The number of hydrogen-bond acceptors (Lipinski definition) is 3. The van der Waals surface area contributed by atoms with Gasteiger partial charge in [-0.2, -0.15) is 0 Å². The number of hydrogen-bond donors (Lipinski definition) is 1. The van der Waals surface area contributed by atoms with Crippen LogP contribution in [0, 0.1) is 5.92 Å². The van der Waals surface area contributed by atoms with Crippen LogP contribution in [-0.2, 0) is 4.74 Å². The van der Waals surface area contributed by atoms with Gasteiger partial charge in [0, 0.05) is 24.7 Å². The van der Waals surface area contributed by atoms with Gasteiger partial charge in [-0.15, -0.1) is 0 Å². The van der Waals surface area contributed by atoms with Crippen LogP contribution in [0.25, 0.3) is 0 Å². The van der Waals surface area contributed by atoms with E-state index < -0.39 is 0 Å². The Morgan fingerprint density at radius 3 is 2.64 bits per heavy atom. The predicted octanol–water partition coefficient (Wildman–Crippen LogP) is 0.834. The molecule has 2 aliphatic rings. The molecule has 0 bridgehead atoms. The summed E-state index contributed by atoms with van der Waals surface area (Å²) >= 11 is 0. The summed E-state index contributed by atoms with van der Waals surface area (Å²) < 4.78 is 5.44. The third-order valence-electron chi connectivity index (χ3n) is 4.44. The minimum absolute atomic E-state index is 0.276. The maximum atomic E-state index is 5.95. The zero-order valence-electron chi connectivity index (χ0n) is 9.33. The lowest BCUT2D eigenvalue weighted by atomic mass is 9.66. The summed E-state index contributed by atoms with van der Waals surface area (Å²) in [6.07, 6.45) is 3.76. The summed E-state index contributed by atoms with van der Waals surface area (Å²) in [5, 5.41) is 0. The predicted molar refractivity (Wildman–Crippen MR) is 57.2 cm³/mol. The Morgan fingerprint density at radius 2 is 2.29 bits per heavy atom. The van der Waals surface area contributed by atoms with E-state index in [1.807, 2.05) is 0 Å². The maximum Gasteiger partial charge on any atom is 0.0622 e. The molecule has 2 fully saturated rings. The molecule has 1 aliphatic heterocycles. The quantitative estimate of drug-likeness (QED) is 0.730. The molecule has 0 aromatic carbocycles. The van der Waals surface area contributed by atoms with Crippen molar-refractivity contribution in [2.45, 2.75) is 37.8 Å². The molecule has 1 aliphatic carbocycles. The Balaban J connectivity index is 2.03. The first kappa shape index (κ1) is 10.4. The van der Waals surface area contributed by atoms with Crippen LogP contribution in [0.4, 0.5) is 0 Å². The molecule has 0 spiro atoms. The highest BCUT2D eigenvalue weighted by Gasteiger charge is 2.48. The molecule has 3 atom stereocenters. The average Bonchev–Trinajstić information content (AvgIpc) is 2.69. The fourth-order valence-electron chi connectivity index (χ4n) is 2.93. The van der Waals surface area contributed by atoms with Gasteiger partial charge < -0.3 is 10.5 Å². The van der Waals surface area contributed by atoms with Crippen molar-refractivity contribution in [3.63, 3.8) is 0 Å². The molecule has 14 heavy (non-hydrogen) atoms. The van der Waals surface area contributed by atoms with Crippen molar-refractivity contribution in [2.24, 2.45) is 11.7 Å². The van der Waals surface area contributed by atoms with Crippen molar-refractivity contribution in [2.75, 3.05) is 26.8 Å². The van der Waals surface area contributed by atoms with E-state index in [2.05, 4.69) is 18.9 Å². The Bertz CT molecular complexity index is 199. The van der Waals surface area contributed by atoms with Crippen molar-refractivity contribution in [3.8, 4) is 0 Å². The van der Waals surface area contributed by atoms with Gasteiger partial charge in [0.25, 0.3) is 0 Å². The van der Waals surface area contributed by atoms with Gasteiger partial charge in [0.15, 0.2) is 0 Å². The molecule has 1 heterocycles. The Kier molecular flexibility index (Phi) is 2.82. The molecule has 1 saturated carbocycles. The van der Waals surface area contributed by atoms with Crippen LogP contribution in [0.1, 0.15) is 26.2 Å². The molecule has 1 saturated heterocycles. The molecule has 3 unspecified atom stereocenters. The van der Waals surface area contributed by atoms with Gasteiger partial charge in [-0.3, -0.25) is 4.90 Å². The summed E-state index contributed by atoms with van der Waals surface area (Å²) in [4.78, 5) is 2.49. The van der Waals surface area contributed by atoms with Crippen LogP contribution in [0.5, 0.6) is 0 Å². The summed E-state index contributed by atoms with van der Waals surface area (Å²) in [5.74, 6) is 0.748. The lowest BCUT2D eigenvalue weighted by molar-refractivity contribution is -0.0399. The van der Waals surface area contributed by atoms with Gasteiger partial charge in [-0.1, -0.05) is 6.92 Å². The van der Waals surface area contributed by atoms with Crippen LogP contribution >= 0.6 is 0 Å². The van der Waals surface area contributed by atoms with Gasteiger partial charge >= 0.3 is 0 Å². The second-order valence-corrected chi connectivity index (χ2v) is 4.88. The molecule has 0 aromatic rings. The second-order valence-electron chi connectivity index (χ2n) is 4.88. The Hall–Kier alpha value is -0.120. The van der Waals surface area contributed by atoms with E-state index in [9.17, 15) is 0 Å². The molecule has 2 N–H and O–H groups in total. The highest BCUT2D eigenvalue weighted by Crippen LogP contribution is 2.43. The van der Waals surface area contributed by atoms with Crippen LogP contribution in [0.2, 0.25) is 0 Å². The van der Waals surface area contributed by atoms with E-state index in [4.69, 9.17) is 10.5 Å². The van der Waals surface area contributed by atoms with Crippen molar-refractivity contribution in [3.05, 3.63) is 0 Å². The molecule has 0 amide bonds. The molecule has 3 nitrogen and oxygen atoms in total. The first-order valence-electron chi connectivity index (χ1n) is 5.71. The number of ether oxygens (including phenoxy) is 1. The fourth-order valence-corrected chi connectivity index (χ4v) is 2.93. The highest BCUT2D eigenvalue weighted by molar-refractivity contribution is 5.04. The lowest BCUT2D eigenvalue weighted by Gasteiger charge is -2.55. The van der Waals surface area contributed by atoms with E-state index in [0.717, 1.165) is 25.7 Å². The zero-order valence-corrected chi connectivity index (χ0v) is 9.33. The Morgan fingerprint density at radius 1 is 1.50 bits per heavy atom. The van der Waals surface area contributed by atoms with Gasteiger partial charge in [0.2, 0.25) is 0 Å². The summed E-state index contributed by atoms with van der Waals surface area (Å²) in [6.45, 7) is 4.93. The molecule has 0 aromatic heterocycles. The number of rotatable bonds is 3. The Labute approximate surface area is 86.6 Å². The van der Waals surface area contributed by atoms with E-state index in [1.165, 1.54) is 19.3 Å². The third kappa shape index (κ3) is 1.38. The minimum Gasteiger partial charge on any atom is -0.380 e. The monoisotopic (exact) mass is 198 g/mol. The van der Waals surface area contributed by atoms with Crippen molar-refractivity contribution in [1.29, 1.82) is 0 Å². The van der Waals surface area contributed by atoms with E-state index in [0.29, 0.717) is 6.04 Å². The van der Waals surface area contributed by atoms with Crippen LogP contribution in [0.15, 0.2) is 0 Å². The van der Waals surface area contributed by atoms with E-state index in [-0.39, 0.29) is 5.54 Å². The first-order valence-corrected chi connectivity index (χ1v) is 5.71. The van der Waals surface area contributed by atoms with Crippen molar-refractivity contribution >= 4 is 0 Å². The summed E-state index contributed by atoms with van der Waals surface area (Å²) in [7, 11) is 2.22. The molecule has 3 heteroatoms. The lowest BCUT2D eigenvalue weighted by Crippen LogP contribution is -2.64. The fraction of sp³-hybridized carbons (Fsp3) is 1.00. The smallest absolute Gasteiger partial charge is 0.0622 e. The van der Waals surface area contributed by atoms with Gasteiger partial charge in [0.05, 0.1) is 6.61 Å². The SMILES string of the molecule is CC1CCC1(CN)N(C)C1CCOC1. The number of likely N-dealkylation sites (N-methyl/N-ethyl adjacent to an activating group) is 1. The van der Waals surface area contributed by atoms with Gasteiger partial charge in [-0.05, 0) is 32.2 Å². The average molecular weight is 198 g/mol. The van der Waals surface area contributed by atoms with E-state index in [1.54, 1.807) is 0 Å². The summed E-state index contributed by atoms with van der Waals surface area (Å²) in [5.41, 5.74) is 6.22. The second kappa shape index (κ2) is 3.80. The number of nitrogens with two attached hydrogens (primary N) is 1. The normalized spacial score (nSPS) is 42.9. The highest BCUT2D eigenvalue weighted by atomic mass is 16.5. The van der Waals surface area contributed by atoms with Crippen LogP contribution in [0.3, 0.4) is 0 Å². The molecular formula is C11H22N2O. The minimum atomic E-state index is 0.276. The van der Waals surface area contributed by atoms with Crippen LogP contribution < -0.4 is 5.73 Å². The largest absolute Gasteiger partial charge is 0.380 e. The van der Waals surface area contributed by atoms with E-state index >= 15 is 0 Å². The molecule has 0 radical (unpaired) electrons. The topological polar surface area (TPSA) is 38.5 Å². The molecular weight excluding hydrogens is 176 g/mol. The zero-order chi connectivity index (χ0) is 10.2. The standard InChI is InChI=1S/C11H22N2O/c1-9-3-5-11(9,8-12)13(2)10-4-6-14-7-10/h9-10H,3-8,12H2,1-2H3. The third-order valence-corrected chi connectivity index (χ3v) is 4.44. The maximum absolute atomic E-state index is 5.95. The first-order chi connectivity index (χ1) is 6.70. The van der Waals surface area contributed by atoms with Gasteiger partial charge in [-0.25, -0.2) is 0 Å². The van der Waals surface area contributed by atoms with Gasteiger partial charge in [0.1, 0.15) is 0 Å². The van der Waals surface area contributed by atoms with Crippen molar-refractivity contribution < 1.29 is 4.74 Å². The number of nitrogens with zero attached hydrogens (tertiary/aromatic N) is 1. The summed E-state index contributed by atoms with van der Waals surface area (Å²) in [6, 6.07) is 0.598. The molecule has 82 valence electrons. The molecule has 2 rings (SSSR count). The van der Waals surface area contributed by atoms with Crippen molar-refractivity contribution in [1.82, 2.24) is 4.90 Å². The van der Waals surface area contributed by atoms with Crippen LogP contribution in [-0.4, -0.2) is 43.3 Å².